The molecule has 0 unspecified atom stereocenters. The van der Waals surface area contributed by atoms with Gasteiger partial charge in [0.15, 0.2) is 5.76 Å². The third-order valence-corrected chi connectivity index (χ3v) is 2.60. The van der Waals surface area contributed by atoms with Gasteiger partial charge in [0.1, 0.15) is 5.76 Å². The zero-order valence-corrected chi connectivity index (χ0v) is 10.4. The predicted octanol–water partition coefficient (Wildman–Crippen LogP) is 1.99. The molecule has 0 saturated carbocycles. The van der Waals surface area contributed by atoms with E-state index in [0.29, 0.717) is 11.5 Å². The smallest absolute Gasteiger partial charge is 0.289 e. The van der Waals surface area contributed by atoms with Crippen LogP contribution in [0.1, 0.15) is 21.9 Å². The Labute approximate surface area is 99.4 Å². The number of hydrogen-bond donors (Lipinski definition) is 1. The molecular weight excluding hydrogens is 218 g/mol. The van der Waals surface area contributed by atoms with Crippen LogP contribution in [0, 0.1) is 13.8 Å². The number of H-pyrrole nitrogens is 1. The van der Waals surface area contributed by atoms with Crippen LogP contribution in [0.5, 0.6) is 0 Å². The van der Waals surface area contributed by atoms with Gasteiger partial charge in [-0.25, -0.2) is 0 Å². The summed E-state index contributed by atoms with van der Waals surface area (Å²) in [5.41, 5.74) is 2.71. The van der Waals surface area contributed by atoms with E-state index in [0.717, 1.165) is 17.0 Å². The van der Waals surface area contributed by atoms with Crippen molar-refractivity contribution in [3.8, 4) is 11.3 Å². The minimum Gasteiger partial charge on any atom is -0.451 e. The van der Waals surface area contributed by atoms with Crippen molar-refractivity contribution >= 4 is 5.91 Å². The number of furan rings is 1. The third-order valence-electron chi connectivity index (χ3n) is 2.60. The molecule has 0 atom stereocenters. The molecule has 5 heteroatoms. The average Bonchev–Trinajstić information content (AvgIpc) is 2.85. The summed E-state index contributed by atoms with van der Waals surface area (Å²) < 4.78 is 5.56. The first-order chi connectivity index (χ1) is 8.00. The van der Waals surface area contributed by atoms with Gasteiger partial charge in [0.25, 0.3) is 5.91 Å². The summed E-state index contributed by atoms with van der Waals surface area (Å²) in [7, 11) is 3.39. The van der Waals surface area contributed by atoms with Gasteiger partial charge in [-0.15, -0.1) is 0 Å². The van der Waals surface area contributed by atoms with E-state index in [1.54, 1.807) is 26.2 Å². The lowest BCUT2D eigenvalue weighted by Crippen LogP contribution is -2.20. The Morgan fingerprint density at radius 2 is 2.06 bits per heavy atom. The molecule has 0 fully saturated rings. The topological polar surface area (TPSA) is 62.1 Å². The van der Waals surface area contributed by atoms with Crippen LogP contribution in [0.15, 0.2) is 16.5 Å². The molecule has 0 saturated heterocycles. The maximum Gasteiger partial charge on any atom is 0.289 e. The van der Waals surface area contributed by atoms with E-state index in [4.69, 9.17) is 4.42 Å². The Morgan fingerprint density at radius 3 is 2.59 bits per heavy atom. The maximum absolute atomic E-state index is 11.7. The lowest BCUT2D eigenvalue weighted by molar-refractivity contribution is 0.0797. The highest BCUT2D eigenvalue weighted by Gasteiger charge is 2.17. The zero-order valence-electron chi connectivity index (χ0n) is 10.4. The first-order valence-electron chi connectivity index (χ1n) is 5.34. The summed E-state index contributed by atoms with van der Waals surface area (Å²) in [6.07, 6.45) is 0. The van der Waals surface area contributed by atoms with E-state index < -0.39 is 0 Å². The average molecular weight is 233 g/mol. The minimum absolute atomic E-state index is 0.143. The monoisotopic (exact) mass is 233 g/mol. The number of amides is 1. The molecule has 0 bridgehead atoms. The molecule has 1 N–H and O–H groups in total. The molecule has 0 aromatic carbocycles. The number of carbonyl (C=O) groups is 1. The summed E-state index contributed by atoms with van der Waals surface area (Å²) in [5.74, 6) is 0.860. The van der Waals surface area contributed by atoms with Crippen LogP contribution in [-0.4, -0.2) is 35.1 Å². The fraction of sp³-hybridized carbons (Fsp3) is 0.333. The van der Waals surface area contributed by atoms with Crippen molar-refractivity contribution in [2.75, 3.05) is 14.1 Å². The molecule has 17 heavy (non-hydrogen) atoms. The molecule has 2 aromatic heterocycles. The Hall–Kier alpha value is -2.04. The summed E-state index contributed by atoms with van der Waals surface area (Å²) in [6.45, 7) is 3.82. The Kier molecular flexibility index (Phi) is 2.75. The first-order valence-corrected chi connectivity index (χ1v) is 5.34. The largest absolute Gasteiger partial charge is 0.451 e. The molecule has 2 aromatic rings. The molecule has 2 heterocycles. The number of carbonyl (C=O) groups excluding carboxylic acids is 1. The van der Waals surface area contributed by atoms with Crippen molar-refractivity contribution in [1.29, 1.82) is 0 Å². The molecule has 0 aliphatic heterocycles. The van der Waals surface area contributed by atoms with Crippen LogP contribution in [0.2, 0.25) is 0 Å². The minimum atomic E-state index is -0.143. The van der Waals surface area contributed by atoms with Crippen molar-refractivity contribution in [3.05, 3.63) is 29.3 Å². The lowest BCUT2D eigenvalue weighted by atomic mass is 10.1. The molecule has 2 rings (SSSR count). The summed E-state index contributed by atoms with van der Waals surface area (Å²) in [4.78, 5) is 13.2. The van der Waals surface area contributed by atoms with Gasteiger partial charge in [-0.1, -0.05) is 0 Å². The van der Waals surface area contributed by atoms with Crippen LogP contribution >= 0.6 is 0 Å². The number of aryl methyl sites for hydroxylation is 2. The van der Waals surface area contributed by atoms with Crippen LogP contribution in [0.4, 0.5) is 0 Å². The highest BCUT2D eigenvalue weighted by molar-refractivity contribution is 5.91. The SMILES string of the molecule is Cc1n[nH]c(C)c1-c1ccc(C(=O)N(C)C)o1. The van der Waals surface area contributed by atoms with E-state index in [1.807, 2.05) is 13.8 Å². The molecule has 90 valence electrons. The van der Waals surface area contributed by atoms with Crippen LogP contribution in [0.3, 0.4) is 0 Å². The molecule has 0 aliphatic carbocycles. The Morgan fingerprint density at radius 1 is 1.35 bits per heavy atom. The van der Waals surface area contributed by atoms with Gasteiger partial charge in [-0.3, -0.25) is 9.89 Å². The molecule has 0 radical (unpaired) electrons. The van der Waals surface area contributed by atoms with Gasteiger partial charge >= 0.3 is 0 Å². The summed E-state index contributed by atoms with van der Waals surface area (Å²) in [5, 5.41) is 6.99. The summed E-state index contributed by atoms with van der Waals surface area (Å²) >= 11 is 0. The van der Waals surface area contributed by atoms with Gasteiger partial charge in [-0.2, -0.15) is 5.10 Å². The number of aromatic nitrogens is 2. The van der Waals surface area contributed by atoms with Crippen molar-refractivity contribution in [3.63, 3.8) is 0 Å². The number of nitrogens with one attached hydrogen (secondary N) is 1. The Bertz CT molecular complexity index is 532. The number of hydrogen-bond acceptors (Lipinski definition) is 3. The highest BCUT2D eigenvalue weighted by Crippen LogP contribution is 2.27. The van der Waals surface area contributed by atoms with E-state index >= 15 is 0 Å². The Balaban J connectivity index is 2.40. The van der Waals surface area contributed by atoms with Crippen molar-refractivity contribution in [2.45, 2.75) is 13.8 Å². The molecule has 5 nitrogen and oxygen atoms in total. The van der Waals surface area contributed by atoms with E-state index in [-0.39, 0.29) is 5.91 Å². The fourth-order valence-corrected chi connectivity index (χ4v) is 1.72. The second-order valence-electron chi connectivity index (χ2n) is 4.17. The normalized spacial score (nSPS) is 10.6. The van der Waals surface area contributed by atoms with Gasteiger partial charge in [0.2, 0.25) is 0 Å². The van der Waals surface area contributed by atoms with Crippen LogP contribution in [-0.2, 0) is 0 Å². The first kappa shape index (κ1) is 11.4. The standard InChI is InChI=1S/C12H15N3O2/c1-7-11(8(2)14-13-7)9-5-6-10(17-9)12(16)15(3)4/h5-6H,1-4H3,(H,13,14). The second-order valence-corrected chi connectivity index (χ2v) is 4.17. The van der Waals surface area contributed by atoms with Crippen LogP contribution in [0.25, 0.3) is 11.3 Å². The maximum atomic E-state index is 11.7. The second kappa shape index (κ2) is 4.08. The highest BCUT2D eigenvalue weighted by atomic mass is 16.4. The molecule has 1 amide bonds. The molecule has 0 aliphatic rings. The fourth-order valence-electron chi connectivity index (χ4n) is 1.72. The van der Waals surface area contributed by atoms with Gasteiger partial charge in [0, 0.05) is 19.8 Å². The van der Waals surface area contributed by atoms with Crippen molar-refractivity contribution < 1.29 is 9.21 Å². The van der Waals surface area contributed by atoms with E-state index in [9.17, 15) is 4.79 Å². The van der Waals surface area contributed by atoms with Gasteiger partial charge < -0.3 is 9.32 Å². The van der Waals surface area contributed by atoms with Crippen molar-refractivity contribution in [2.24, 2.45) is 0 Å². The van der Waals surface area contributed by atoms with Gasteiger partial charge in [0.05, 0.1) is 11.3 Å². The predicted molar refractivity (Wildman–Crippen MR) is 63.8 cm³/mol. The zero-order chi connectivity index (χ0) is 12.6. The molecular formula is C12H15N3O2. The number of nitrogens with zero attached hydrogens (tertiary/aromatic N) is 2. The third kappa shape index (κ3) is 1.95. The van der Waals surface area contributed by atoms with E-state index in [2.05, 4.69) is 10.2 Å². The van der Waals surface area contributed by atoms with Gasteiger partial charge in [-0.05, 0) is 26.0 Å². The van der Waals surface area contributed by atoms with Crippen molar-refractivity contribution in [1.82, 2.24) is 15.1 Å². The lowest BCUT2D eigenvalue weighted by Gasteiger charge is -2.06. The quantitative estimate of drug-likeness (QED) is 0.862. The number of aromatic amines is 1. The molecule has 0 spiro atoms. The summed E-state index contributed by atoms with van der Waals surface area (Å²) in [6, 6.07) is 3.48. The number of rotatable bonds is 2. The van der Waals surface area contributed by atoms with E-state index in [1.165, 1.54) is 4.90 Å². The van der Waals surface area contributed by atoms with Crippen LogP contribution < -0.4 is 0 Å².